The number of nitrogens with two attached hydrogens (primary N) is 1. The summed E-state index contributed by atoms with van der Waals surface area (Å²) in [6.07, 6.45) is 5.20. The van der Waals surface area contributed by atoms with E-state index in [9.17, 15) is 0 Å². The highest BCUT2D eigenvalue weighted by atomic mass is 32.1. The van der Waals surface area contributed by atoms with Crippen molar-refractivity contribution >= 4 is 11.3 Å². The molecule has 1 atom stereocenters. The van der Waals surface area contributed by atoms with E-state index in [0.29, 0.717) is 5.92 Å². The average molecular weight is 254 g/mol. The van der Waals surface area contributed by atoms with Crippen LogP contribution in [-0.4, -0.2) is 7.11 Å². The summed E-state index contributed by atoms with van der Waals surface area (Å²) in [6, 6.07) is 2.39. The molecule has 0 spiro atoms. The van der Waals surface area contributed by atoms with Crippen LogP contribution in [-0.2, 0) is 0 Å². The van der Waals surface area contributed by atoms with Gasteiger partial charge in [-0.15, -0.1) is 11.3 Å². The number of hydrazine groups is 1. The zero-order chi connectivity index (χ0) is 12.3. The van der Waals surface area contributed by atoms with Crippen LogP contribution < -0.4 is 16.0 Å². The van der Waals surface area contributed by atoms with Crippen LogP contribution in [0.25, 0.3) is 0 Å². The third-order valence-corrected chi connectivity index (χ3v) is 4.84. The zero-order valence-corrected chi connectivity index (χ0v) is 11.4. The van der Waals surface area contributed by atoms with E-state index in [-0.39, 0.29) is 6.04 Å². The molecule has 96 valence electrons. The molecule has 3 nitrogen and oxygen atoms in total. The molecule has 0 bridgehead atoms. The van der Waals surface area contributed by atoms with Crippen molar-refractivity contribution in [1.29, 1.82) is 0 Å². The minimum absolute atomic E-state index is 0.288. The number of thiophene rings is 1. The normalized spacial score (nSPS) is 26.8. The lowest BCUT2D eigenvalue weighted by molar-refractivity contribution is 0.234. The smallest absolute Gasteiger partial charge is 0.129 e. The summed E-state index contributed by atoms with van der Waals surface area (Å²) in [5.41, 5.74) is 3.00. The van der Waals surface area contributed by atoms with Crippen LogP contribution in [0.1, 0.15) is 43.5 Å². The van der Waals surface area contributed by atoms with Crippen LogP contribution in [0.4, 0.5) is 0 Å². The van der Waals surface area contributed by atoms with Crippen LogP contribution in [0.3, 0.4) is 0 Å². The van der Waals surface area contributed by atoms with Crippen molar-refractivity contribution < 1.29 is 4.74 Å². The average Bonchev–Trinajstić information content (AvgIpc) is 2.81. The fourth-order valence-corrected chi connectivity index (χ4v) is 3.68. The molecule has 0 amide bonds. The summed E-state index contributed by atoms with van der Waals surface area (Å²) >= 11 is 1.73. The van der Waals surface area contributed by atoms with Crippen LogP contribution >= 0.6 is 11.3 Å². The van der Waals surface area contributed by atoms with E-state index in [0.717, 1.165) is 11.7 Å². The summed E-state index contributed by atoms with van der Waals surface area (Å²) < 4.78 is 5.24. The molecule has 1 heterocycles. The van der Waals surface area contributed by atoms with Crippen LogP contribution in [0.15, 0.2) is 11.4 Å². The van der Waals surface area contributed by atoms with Crippen molar-refractivity contribution in [1.82, 2.24) is 5.43 Å². The number of hydrogen-bond donors (Lipinski definition) is 2. The van der Waals surface area contributed by atoms with E-state index in [2.05, 4.69) is 18.4 Å². The minimum Gasteiger partial charge on any atom is -0.496 e. The van der Waals surface area contributed by atoms with Gasteiger partial charge in [0.25, 0.3) is 0 Å². The van der Waals surface area contributed by atoms with Gasteiger partial charge in [-0.3, -0.25) is 11.3 Å². The van der Waals surface area contributed by atoms with Crippen LogP contribution in [0.2, 0.25) is 0 Å². The molecule has 1 saturated carbocycles. The maximum Gasteiger partial charge on any atom is 0.129 e. The molecule has 0 radical (unpaired) electrons. The summed E-state index contributed by atoms with van der Waals surface area (Å²) in [5.74, 6) is 8.22. The maximum atomic E-state index is 5.74. The predicted molar refractivity (Wildman–Crippen MR) is 72.1 cm³/mol. The Morgan fingerprint density at radius 2 is 2.12 bits per heavy atom. The monoisotopic (exact) mass is 254 g/mol. The van der Waals surface area contributed by atoms with Crippen molar-refractivity contribution in [3.63, 3.8) is 0 Å². The predicted octanol–water partition coefficient (Wildman–Crippen LogP) is 3.09. The van der Waals surface area contributed by atoms with Gasteiger partial charge < -0.3 is 4.74 Å². The van der Waals surface area contributed by atoms with Crippen molar-refractivity contribution in [3.8, 4) is 5.75 Å². The Hall–Kier alpha value is -0.580. The number of methoxy groups -OCH3 is 1. The lowest BCUT2D eigenvalue weighted by Crippen LogP contribution is -2.34. The molecule has 3 N–H and O–H groups in total. The quantitative estimate of drug-likeness (QED) is 0.641. The number of ether oxygens (including phenoxy) is 1. The van der Waals surface area contributed by atoms with Gasteiger partial charge in [0.1, 0.15) is 5.75 Å². The number of hydrogen-bond acceptors (Lipinski definition) is 4. The fourth-order valence-electron chi connectivity index (χ4n) is 2.67. The standard InChI is InChI=1S/C13H22N2OS/c1-9-3-5-10(6-4-9)13(15-14)12-7-11(16-2)8-17-12/h7-10,13,15H,3-6,14H2,1-2H3. The second-order valence-electron chi connectivity index (χ2n) is 5.05. The van der Waals surface area contributed by atoms with Crippen molar-refractivity contribution in [3.05, 3.63) is 16.3 Å². The Bertz CT molecular complexity index is 345. The Kier molecular flexibility index (Phi) is 4.42. The zero-order valence-electron chi connectivity index (χ0n) is 10.6. The summed E-state index contributed by atoms with van der Waals surface area (Å²) in [5, 5.41) is 2.05. The molecule has 1 fully saturated rings. The molecule has 0 aliphatic heterocycles. The first kappa shape index (κ1) is 12.9. The van der Waals surface area contributed by atoms with E-state index in [4.69, 9.17) is 10.6 Å². The molecule has 1 aliphatic carbocycles. The molecule has 1 aliphatic rings. The van der Waals surface area contributed by atoms with Gasteiger partial charge in [-0.1, -0.05) is 19.8 Å². The molecule has 0 saturated heterocycles. The molecular weight excluding hydrogens is 232 g/mol. The van der Waals surface area contributed by atoms with Gasteiger partial charge >= 0.3 is 0 Å². The Morgan fingerprint density at radius 1 is 1.41 bits per heavy atom. The first-order chi connectivity index (χ1) is 8.24. The highest BCUT2D eigenvalue weighted by Crippen LogP contribution is 2.39. The molecule has 17 heavy (non-hydrogen) atoms. The van der Waals surface area contributed by atoms with Crippen molar-refractivity contribution in [2.75, 3.05) is 7.11 Å². The first-order valence-electron chi connectivity index (χ1n) is 6.33. The Morgan fingerprint density at radius 3 is 2.65 bits per heavy atom. The van der Waals surface area contributed by atoms with Gasteiger partial charge in [0, 0.05) is 10.3 Å². The second-order valence-corrected chi connectivity index (χ2v) is 6.00. The lowest BCUT2D eigenvalue weighted by Gasteiger charge is -2.31. The summed E-state index contributed by atoms with van der Waals surface area (Å²) in [6.45, 7) is 2.34. The molecule has 4 heteroatoms. The van der Waals surface area contributed by atoms with E-state index >= 15 is 0 Å². The number of rotatable bonds is 4. The molecule has 1 aromatic heterocycles. The highest BCUT2D eigenvalue weighted by molar-refractivity contribution is 7.10. The van der Waals surface area contributed by atoms with Gasteiger partial charge in [0.15, 0.2) is 0 Å². The molecule has 1 unspecified atom stereocenters. The van der Waals surface area contributed by atoms with E-state index < -0.39 is 0 Å². The Labute approximate surface area is 107 Å². The largest absolute Gasteiger partial charge is 0.496 e. The SMILES string of the molecule is COc1csc(C(NN)C2CCC(C)CC2)c1. The maximum absolute atomic E-state index is 5.74. The van der Waals surface area contributed by atoms with Crippen molar-refractivity contribution in [2.45, 2.75) is 38.6 Å². The third kappa shape index (κ3) is 3.00. The van der Waals surface area contributed by atoms with E-state index in [1.807, 2.05) is 5.38 Å². The molecule has 2 rings (SSSR count). The van der Waals surface area contributed by atoms with Gasteiger partial charge in [0.05, 0.1) is 13.2 Å². The molecule has 1 aromatic rings. The minimum atomic E-state index is 0.288. The van der Waals surface area contributed by atoms with Crippen molar-refractivity contribution in [2.24, 2.45) is 17.7 Å². The van der Waals surface area contributed by atoms with Gasteiger partial charge in [-0.2, -0.15) is 0 Å². The summed E-state index contributed by atoms with van der Waals surface area (Å²) in [7, 11) is 1.71. The van der Waals surface area contributed by atoms with E-state index in [1.54, 1.807) is 18.4 Å². The van der Waals surface area contributed by atoms with Gasteiger partial charge in [-0.25, -0.2) is 0 Å². The molecular formula is C13H22N2OS. The summed E-state index contributed by atoms with van der Waals surface area (Å²) in [4.78, 5) is 1.30. The Balaban J connectivity index is 2.05. The fraction of sp³-hybridized carbons (Fsp3) is 0.692. The topological polar surface area (TPSA) is 47.3 Å². The molecule has 0 aromatic carbocycles. The number of nitrogens with one attached hydrogen (secondary N) is 1. The van der Waals surface area contributed by atoms with Gasteiger partial charge in [-0.05, 0) is 30.7 Å². The van der Waals surface area contributed by atoms with Crippen LogP contribution in [0, 0.1) is 11.8 Å². The van der Waals surface area contributed by atoms with E-state index in [1.165, 1.54) is 30.6 Å². The third-order valence-electron chi connectivity index (χ3n) is 3.85. The lowest BCUT2D eigenvalue weighted by atomic mass is 9.79. The van der Waals surface area contributed by atoms with Gasteiger partial charge in [0.2, 0.25) is 0 Å². The second kappa shape index (κ2) is 5.85. The van der Waals surface area contributed by atoms with Crippen LogP contribution in [0.5, 0.6) is 5.75 Å². The first-order valence-corrected chi connectivity index (χ1v) is 7.21. The highest BCUT2D eigenvalue weighted by Gasteiger charge is 2.27.